The molecule has 1 heterocycles. The third-order valence-electron chi connectivity index (χ3n) is 4.71. The first kappa shape index (κ1) is 16.8. The van der Waals surface area contributed by atoms with Gasteiger partial charge in [0.05, 0.1) is 4.90 Å². The Bertz CT molecular complexity index is 1010. The summed E-state index contributed by atoms with van der Waals surface area (Å²) in [6.45, 7) is -0.143. The van der Waals surface area contributed by atoms with E-state index in [2.05, 4.69) is 21.1 Å². The van der Waals surface area contributed by atoms with Crippen molar-refractivity contribution in [1.29, 1.82) is 0 Å². The quantitative estimate of drug-likeness (QED) is 0.870. The van der Waals surface area contributed by atoms with E-state index < -0.39 is 10.0 Å². The number of anilines is 1. The molecule has 0 fully saturated rings. The predicted molar refractivity (Wildman–Crippen MR) is 99.9 cm³/mol. The summed E-state index contributed by atoms with van der Waals surface area (Å²) < 4.78 is 26.5. The second kappa shape index (κ2) is 6.57. The Labute approximate surface area is 152 Å². The molecule has 2 aromatic rings. The first-order chi connectivity index (χ1) is 12.5. The lowest BCUT2D eigenvalue weighted by Crippen LogP contribution is -2.24. The molecule has 0 saturated heterocycles. The average Bonchev–Trinajstić information content (AvgIpc) is 2.91. The lowest BCUT2D eigenvalue weighted by molar-refractivity contribution is -0.114. The smallest absolute Gasteiger partial charge is 0.263 e. The van der Waals surface area contributed by atoms with Crippen molar-refractivity contribution in [1.82, 2.24) is 4.72 Å². The first-order valence-corrected chi connectivity index (χ1v) is 10.1. The fourth-order valence-corrected chi connectivity index (χ4v) is 4.74. The fourth-order valence-electron chi connectivity index (χ4n) is 3.49. The first-order valence-electron chi connectivity index (χ1n) is 8.62. The van der Waals surface area contributed by atoms with Crippen LogP contribution in [0.2, 0.25) is 0 Å². The number of fused-ring (bicyclic) bond motifs is 2. The maximum atomic E-state index is 12.3. The molecule has 0 unspecified atom stereocenters. The highest BCUT2D eigenvalue weighted by atomic mass is 32.2. The zero-order chi connectivity index (χ0) is 18.1. The van der Waals surface area contributed by atoms with Gasteiger partial charge < -0.3 is 5.32 Å². The monoisotopic (exact) mass is 369 g/mol. The number of hydrogen-bond donors (Lipinski definition) is 2. The number of carbonyl (C=O) groups excluding carboxylic acids is 1. The predicted octanol–water partition coefficient (Wildman–Crippen LogP) is 2.24. The van der Waals surface area contributed by atoms with Crippen LogP contribution in [0.5, 0.6) is 0 Å². The molecule has 2 aliphatic rings. The second-order valence-corrected chi connectivity index (χ2v) is 8.12. The highest BCUT2D eigenvalue weighted by molar-refractivity contribution is 7.90. The molecule has 4 rings (SSSR count). The van der Waals surface area contributed by atoms with Crippen molar-refractivity contribution in [3.8, 4) is 0 Å². The molecule has 0 atom stereocenters. The Morgan fingerprint density at radius 1 is 1.08 bits per heavy atom. The highest BCUT2D eigenvalue weighted by Gasteiger charge is 2.30. The van der Waals surface area contributed by atoms with Crippen molar-refractivity contribution < 1.29 is 13.2 Å². The maximum Gasteiger partial charge on any atom is 0.263 e. The van der Waals surface area contributed by atoms with E-state index in [1.807, 2.05) is 12.1 Å². The third kappa shape index (κ3) is 3.10. The number of aliphatic imine (C=N–C) groups is 1. The molecular weight excluding hydrogens is 350 g/mol. The molecular formula is C19H19N3O3S. The standard InChI is InChI=1S/C19H19N3O3S/c23-18(21-16-10-5-7-13-6-1-2-8-14(13)16)12-20-19-15-9-3-4-11-17(15)26(24,25)22-19/h3-5,7,9-11H,1-2,6,8,12H2,(H,20,22)(H,21,23). The van der Waals surface area contributed by atoms with E-state index in [1.54, 1.807) is 18.2 Å². The van der Waals surface area contributed by atoms with Crippen LogP contribution in [-0.2, 0) is 27.7 Å². The Morgan fingerprint density at radius 3 is 2.77 bits per heavy atom. The minimum Gasteiger partial charge on any atom is -0.324 e. The van der Waals surface area contributed by atoms with Crippen LogP contribution >= 0.6 is 0 Å². The summed E-state index contributed by atoms with van der Waals surface area (Å²) in [6, 6.07) is 12.6. The average molecular weight is 369 g/mol. The Morgan fingerprint density at radius 2 is 1.88 bits per heavy atom. The van der Waals surface area contributed by atoms with Gasteiger partial charge in [0.15, 0.2) is 0 Å². The van der Waals surface area contributed by atoms with E-state index in [-0.39, 0.29) is 23.2 Å². The lowest BCUT2D eigenvalue weighted by atomic mass is 9.90. The van der Waals surface area contributed by atoms with Crippen LogP contribution in [-0.4, -0.2) is 26.7 Å². The zero-order valence-corrected chi connectivity index (χ0v) is 15.0. The number of aryl methyl sites for hydroxylation is 1. The van der Waals surface area contributed by atoms with Crippen LogP contribution in [0.4, 0.5) is 5.69 Å². The molecule has 0 aromatic heterocycles. The lowest BCUT2D eigenvalue weighted by Gasteiger charge is -2.19. The molecule has 0 bridgehead atoms. The van der Waals surface area contributed by atoms with Gasteiger partial charge in [0, 0.05) is 11.3 Å². The van der Waals surface area contributed by atoms with Crippen molar-refractivity contribution >= 4 is 27.5 Å². The number of nitrogens with one attached hydrogen (secondary N) is 2. The van der Waals surface area contributed by atoms with Crippen LogP contribution < -0.4 is 10.0 Å². The number of amidine groups is 1. The van der Waals surface area contributed by atoms with Gasteiger partial charge in [-0.15, -0.1) is 0 Å². The number of sulfonamides is 1. The van der Waals surface area contributed by atoms with Crippen molar-refractivity contribution in [2.24, 2.45) is 4.99 Å². The summed E-state index contributed by atoms with van der Waals surface area (Å²) in [5.41, 5.74) is 3.82. The summed E-state index contributed by atoms with van der Waals surface area (Å²) in [7, 11) is -3.59. The molecule has 134 valence electrons. The molecule has 26 heavy (non-hydrogen) atoms. The minimum absolute atomic E-state index is 0.143. The van der Waals surface area contributed by atoms with Crippen LogP contribution in [0.3, 0.4) is 0 Å². The van der Waals surface area contributed by atoms with E-state index in [0.29, 0.717) is 5.56 Å². The Hall–Kier alpha value is -2.67. The molecule has 0 spiro atoms. The molecule has 2 aromatic carbocycles. The molecule has 6 nitrogen and oxygen atoms in total. The second-order valence-electron chi connectivity index (χ2n) is 6.47. The van der Waals surface area contributed by atoms with Gasteiger partial charge in [-0.1, -0.05) is 24.3 Å². The van der Waals surface area contributed by atoms with Gasteiger partial charge in [0.2, 0.25) is 5.91 Å². The van der Waals surface area contributed by atoms with Gasteiger partial charge in [-0.2, -0.15) is 0 Å². The number of amides is 1. The van der Waals surface area contributed by atoms with Crippen molar-refractivity contribution in [2.45, 2.75) is 30.6 Å². The summed E-state index contributed by atoms with van der Waals surface area (Å²) in [5, 5.41) is 2.92. The van der Waals surface area contributed by atoms with Gasteiger partial charge in [-0.3, -0.25) is 14.5 Å². The normalized spacial score (nSPS) is 18.7. The summed E-state index contributed by atoms with van der Waals surface area (Å²) in [6.07, 6.45) is 4.31. The molecule has 1 aliphatic carbocycles. The van der Waals surface area contributed by atoms with Crippen LogP contribution in [0, 0.1) is 0 Å². The van der Waals surface area contributed by atoms with Crippen molar-refractivity contribution in [2.75, 3.05) is 11.9 Å². The fraction of sp³-hybridized carbons (Fsp3) is 0.263. The van der Waals surface area contributed by atoms with E-state index in [9.17, 15) is 13.2 Å². The topological polar surface area (TPSA) is 87.6 Å². The Balaban J connectivity index is 1.51. The number of benzene rings is 2. The van der Waals surface area contributed by atoms with Gasteiger partial charge >= 0.3 is 0 Å². The number of nitrogens with zero attached hydrogens (tertiary/aromatic N) is 1. The third-order valence-corrected chi connectivity index (χ3v) is 6.11. The van der Waals surface area contributed by atoms with E-state index >= 15 is 0 Å². The molecule has 7 heteroatoms. The van der Waals surface area contributed by atoms with E-state index in [0.717, 1.165) is 24.9 Å². The van der Waals surface area contributed by atoms with Crippen LogP contribution in [0.25, 0.3) is 0 Å². The number of rotatable bonds is 3. The van der Waals surface area contributed by atoms with Crippen molar-refractivity contribution in [3.05, 3.63) is 59.2 Å². The highest BCUT2D eigenvalue weighted by Crippen LogP contribution is 2.28. The maximum absolute atomic E-state index is 12.3. The molecule has 1 aliphatic heterocycles. The largest absolute Gasteiger partial charge is 0.324 e. The number of hydrogen-bond acceptors (Lipinski definition) is 4. The summed E-state index contributed by atoms with van der Waals surface area (Å²) in [4.78, 5) is 16.7. The summed E-state index contributed by atoms with van der Waals surface area (Å²) in [5.74, 6) is -0.0501. The molecule has 2 N–H and O–H groups in total. The van der Waals surface area contributed by atoms with E-state index in [1.165, 1.54) is 23.6 Å². The van der Waals surface area contributed by atoms with Gasteiger partial charge in [0.1, 0.15) is 12.4 Å². The molecule has 1 amide bonds. The SMILES string of the molecule is O=C(CN=C1NS(=O)(=O)c2ccccc21)Nc1cccc2c1CCCC2. The van der Waals surface area contributed by atoms with Crippen LogP contribution in [0.15, 0.2) is 52.4 Å². The van der Waals surface area contributed by atoms with Gasteiger partial charge in [-0.25, -0.2) is 8.42 Å². The zero-order valence-electron chi connectivity index (χ0n) is 14.2. The van der Waals surface area contributed by atoms with Crippen molar-refractivity contribution in [3.63, 3.8) is 0 Å². The van der Waals surface area contributed by atoms with Gasteiger partial charge in [0.25, 0.3) is 10.0 Å². The molecule has 0 saturated carbocycles. The van der Waals surface area contributed by atoms with E-state index in [4.69, 9.17) is 0 Å². The summed E-state index contributed by atoms with van der Waals surface area (Å²) >= 11 is 0. The molecule has 0 radical (unpaired) electrons. The van der Waals surface area contributed by atoms with Crippen LogP contribution in [0.1, 0.15) is 29.5 Å². The Kier molecular flexibility index (Phi) is 4.24. The number of carbonyl (C=O) groups is 1. The van der Waals surface area contributed by atoms with Gasteiger partial charge in [-0.05, 0) is 55.0 Å². The minimum atomic E-state index is -3.59.